The van der Waals surface area contributed by atoms with E-state index in [1.165, 1.54) is 11.0 Å². The monoisotopic (exact) mass is 355 g/mol. The Balaban J connectivity index is 1.63. The van der Waals surface area contributed by atoms with E-state index in [1.807, 2.05) is 32.0 Å². The highest BCUT2D eigenvalue weighted by Gasteiger charge is 2.22. The zero-order chi connectivity index (χ0) is 18.1. The molecule has 1 fully saturated rings. The quantitative estimate of drug-likeness (QED) is 0.711. The maximum absolute atomic E-state index is 12.2. The number of hydrogen-bond acceptors (Lipinski definition) is 6. The first-order chi connectivity index (χ1) is 12.6. The van der Waals surface area contributed by atoms with Gasteiger partial charge in [0.05, 0.1) is 18.2 Å². The van der Waals surface area contributed by atoms with Gasteiger partial charge in [-0.2, -0.15) is 4.98 Å². The topological polar surface area (TPSA) is 88.0 Å². The van der Waals surface area contributed by atoms with Crippen LogP contribution in [0.25, 0.3) is 5.69 Å². The van der Waals surface area contributed by atoms with Crippen LogP contribution in [0.2, 0.25) is 0 Å². The number of ether oxygens (including phenoxy) is 1. The fourth-order valence-corrected chi connectivity index (χ4v) is 3.19. The van der Waals surface area contributed by atoms with Gasteiger partial charge in [-0.15, -0.1) is 10.2 Å². The molecule has 0 amide bonds. The van der Waals surface area contributed by atoms with E-state index in [-0.39, 0.29) is 18.2 Å². The summed E-state index contributed by atoms with van der Waals surface area (Å²) in [7, 11) is 0. The third-order valence-electron chi connectivity index (χ3n) is 4.65. The van der Waals surface area contributed by atoms with Crippen molar-refractivity contribution in [1.29, 1.82) is 0 Å². The van der Waals surface area contributed by atoms with E-state index in [0.717, 1.165) is 36.3 Å². The molecular formula is C18H21N5O3. The van der Waals surface area contributed by atoms with Gasteiger partial charge in [0, 0.05) is 6.61 Å². The van der Waals surface area contributed by atoms with Crippen LogP contribution in [0.15, 0.2) is 33.7 Å². The third kappa shape index (κ3) is 3.20. The summed E-state index contributed by atoms with van der Waals surface area (Å²) in [5.74, 6) is 1.09. The zero-order valence-electron chi connectivity index (χ0n) is 14.9. The van der Waals surface area contributed by atoms with Crippen molar-refractivity contribution in [2.24, 2.45) is 0 Å². The van der Waals surface area contributed by atoms with Crippen molar-refractivity contribution < 1.29 is 9.15 Å². The predicted octanol–water partition coefficient (Wildman–Crippen LogP) is 1.98. The van der Waals surface area contributed by atoms with Crippen LogP contribution in [0.3, 0.4) is 0 Å². The lowest BCUT2D eigenvalue weighted by atomic mass is 10.0. The fraction of sp³-hybridized carbons (Fsp3) is 0.444. The molecule has 8 nitrogen and oxygen atoms in total. The first kappa shape index (κ1) is 16.7. The minimum absolute atomic E-state index is 0.130. The van der Waals surface area contributed by atoms with Gasteiger partial charge in [-0.05, 0) is 43.9 Å². The van der Waals surface area contributed by atoms with Crippen LogP contribution in [-0.2, 0) is 11.3 Å². The summed E-state index contributed by atoms with van der Waals surface area (Å²) in [5, 5.41) is 8.25. The van der Waals surface area contributed by atoms with Crippen LogP contribution in [0, 0.1) is 13.8 Å². The summed E-state index contributed by atoms with van der Waals surface area (Å²) in [5.41, 5.74) is 2.70. The second-order valence-electron chi connectivity index (χ2n) is 6.67. The molecule has 1 atom stereocenters. The molecule has 1 aliphatic rings. The number of hydrogen-bond donors (Lipinski definition) is 0. The molecule has 4 rings (SSSR count). The predicted molar refractivity (Wildman–Crippen MR) is 93.5 cm³/mol. The Morgan fingerprint density at radius 2 is 2.15 bits per heavy atom. The molecule has 0 bridgehead atoms. The van der Waals surface area contributed by atoms with Gasteiger partial charge in [0.15, 0.2) is 0 Å². The normalized spacial score (nSPS) is 17.5. The lowest BCUT2D eigenvalue weighted by Gasteiger charge is -2.18. The molecule has 3 aromatic rings. The van der Waals surface area contributed by atoms with Crippen LogP contribution in [0.4, 0.5) is 0 Å². The largest absolute Gasteiger partial charge is 0.423 e. The Morgan fingerprint density at radius 1 is 1.27 bits per heavy atom. The maximum atomic E-state index is 12.2. The SMILES string of the molecule is Cc1ccc(C)c(-n2cnc(=O)n2Cc2nnc(C3CCCOC3)o2)c1. The Labute approximate surface area is 150 Å². The van der Waals surface area contributed by atoms with E-state index in [0.29, 0.717) is 18.4 Å². The van der Waals surface area contributed by atoms with Crippen LogP contribution < -0.4 is 5.69 Å². The van der Waals surface area contributed by atoms with E-state index >= 15 is 0 Å². The minimum atomic E-state index is -0.355. The Bertz CT molecular complexity index is 965. The molecule has 0 saturated carbocycles. The van der Waals surface area contributed by atoms with Crippen LogP contribution in [-0.4, -0.2) is 37.8 Å². The number of nitrogens with zero attached hydrogens (tertiary/aromatic N) is 5. The summed E-state index contributed by atoms with van der Waals surface area (Å²) in [6.07, 6.45) is 3.49. The van der Waals surface area contributed by atoms with E-state index < -0.39 is 0 Å². The van der Waals surface area contributed by atoms with Crippen molar-refractivity contribution in [1.82, 2.24) is 24.5 Å². The van der Waals surface area contributed by atoms with Crippen molar-refractivity contribution in [3.63, 3.8) is 0 Å². The zero-order valence-corrected chi connectivity index (χ0v) is 14.9. The molecule has 26 heavy (non-hydrogen) atoms. The van der Waals surface area contributed by atoms with Gasteiger partial charge in [0.1, 0.15) is 12.9 Å². The van der Waals surface area contributed by atoms with E-state index in [4.69, 9.17) is 9.15 Å². The van der Waals surface area contributed by atoms with Crippen molar-refractivity contribution in [2.75, 3.05) is 13.2 Å². The number of aromatic nitrogens is 5. The van der Waals surface area contributed by atoms with Crippen molar-refractivity contribution in [2.45, 2.75) is 39.2 Å². The fourth-order valence-electron chi connectivity index (χ4n) is 3.19. The standard InChI is InChI=1S/C18H21N5O3/c1-12-5-6-13(2)15(8-12)23-11-19-18(24)22(23)9-16-20-21-17(26-16)14-4-3-7-25-10-14/h5-6,8,11,14H,3-4,7,9-10H2,1-2H3. The second-order valence-corrected chi connectivity index (χ2v) is 6.67. The molecule has 8 heteroatoms. The van der Waals surface area contributed by atoms with E-state index in [9.17, 15) is 4.79 Å². The van der Waals surface area contributed by atoms with Crippen LogP contribution >= 0.6 is 0 Å². The van der Waals surface area contributed by atoms with Crippen molar-refractivity contribution in [3.05, 3.63) is 57.9 Å². The van der Waals surface area contributed by atoms with Crippen LogP contribution in [0.1, 0.15) is 41.7 Å². The smallest absolute Gasteiger partial charge is 0.364 e. The molecule has 0 spiro atoms. The van der Waals surface area contributed by atoms with Crippen molar-refractivity contribution in [3.8, 4) is 5.69 Å². The molecular weight excluding hydrogens is 334 g/mol. The lowest BCUT2D eigenvalue weighted by Crippen LogP contribution is -2.24. The molecule has 0 aliphatic carbocycles. The van der Waals surface area contributed by atoms with Gasteiger partial charge in [-0.25, -0.2) is 14.2 Å². The summed E-state index contributed by atoms with van der Waals surface area (Å²) in [6, 6.07) is 6.08. The Hall–Kier alpha value is -2.74. The van der Waals surface area contributed by atoms with E-state index in [1.54, 1.807) is 4.68 Å². The lowest BCUT2D eigenvalue weighted by molar-refractivity contribution is 0.0721. The summed E-state index contributed by atoms with van der Waals surface area (Å²) in [6.45, 7) is 5.56. The average molecular weight is 355 g/mol. The number of benzene rings is 1. The van der Waals surface area contributed by atoms with E-state index in [2.05, 4.69) is 15.2 Å². The minimum Gasteiger partial charge on any atom is -0.423 e. The first-order valence-corrected chi connectivity index (χ1v) is 8.74. The second kappa shape index (κ2) is 6.87. The Morgan fingerprint density at radius 3 is 2.96 bits per heavy atom. The molecule has 3 heterocycles. The van der Waals surface area contributed by atoms with Gasteiger partial charge < -0.3 is 9.15 Å². The molecule has 1 unspecified atom stereocenters. The number of rotatable bonds is 4. The maximum Gasteiger partial charge on any atom is 0.364 e. The van der Waals surface area contributed by atoms with Gasteiger partial charge in [0.2, 0.25) is 11.8 Å². The highest BCUT2D eigenvalue weighted by molar-refractivity contribution is 5.42. The van der Waals surface area contributed by atoms with Crippen molar-refractivity contribution >= 4 is 0 Å². The molecule has 0 radical (unpaired) electrons. The molecule has 1 aromatic carbocycles. The molecule has 136 valence electrons. The Kier molecular flexibility index (Phi) is 4.42. The summed E-state index contributed by atoms with van der Waals surface area (Å²) >= 11 is 0. The highest BCUT2D eigenvalue weighted by atomic mass is 16.5. The van der Waals surface area contributed by atoms with Gasteiger partial charge in [-0.1, -0.05) is 12.1 Å². The van der Waals surface area contributed by atoms with Crippen LogP contribution in [0.5, 0.6) is 0 Å². The summed E-state index contributed by atoms with van der Waals surface area (Å²) in [4.78, 5) is 16.2. The van der Waals surface area contributed by atoms with Gasteiger partial charge in [0.25, 0.3) is 0 Å². The molecule has 2 aromatic heterocycles. The van der Waals surface area contributed by atoms with Gasteiger partial charge >= 0.3 is 5.69 Å². The number of aryl methyl sites for hydroxylation is 2. The first-order valence-electron chi connectivity index (χ1n) is 8.74. The molecule has 0 N–H and O–H groups in total. The molecule has 1 aliphatic heterocycles. The highest BCUT2D eigenvalue weighted by Crippen LogP contribution is 2.24. The average Bonchev–Trinajstić information content (AvgIpc) is 3.26. The third-order valence-corrected chi connectivity index (χ3v) is 4.65. The molecule has 1 saturated heterocycles. The van der Waals surface area contributed by atoms with Gasteiger partial charge in [-0.3, -0.25) is 0 Å². The summed E-state index contributed by atoms with van der Waals surface area (Å²) < 4.78 is 14.5.